The van der Waals surface area contributed by atoms with Crippen molar-refractivity contribution in [3.8, 4) is 0 Å². The average molecular weight is 285 g/mol. The summed E-state index contributed by atoms with van der Waals surface area (Å²) in [5, 5.41) is 12.9. The fourth-order valence-electron chi connectivity index (χ4n) is 2.78. The first-order chi connectivity index (χ1) is 10.3. The number of amides is 1. The molecular weight excluding hydrogens is 266 g/mol. The predicted molar refractivity (Wildman–Crippen MR) is 78.7 cm³/mol. The van der Waals surface area contributed by atoms with Gasteiger partial charge in [0.05, 0.1) is 12.2 Å². The van der Waals surface area contributed by atoms with Crippen LogP contribution in [0.1, 0.15) is 34.9 Å². The van der Waals surface area contributed by atoms with Crippen molar-refractivity contribution in [3.05, 3.63) is 47.8 Å². The Kier molecular flexibility index (Phi) is 4.25. The fraction of sp³-hybridized carbons (Fsp3) is 0.400. The molecule has 1 aliphatic rings. The van der Waals surface area contributed by atoms with Gasteiger partial charge in [0.15, 0.2) is 5.69 Å². The standard InChI is InChI=1S/C15H19N5O/c21-15(13-10-17-19-18-13)16-11-14(20-8-4-5-9-20)12-6-2-1-3-7-12/h1-3,6-7,10,14H,4-5,8-9,11H2,(H,16,21)(H,17,18,19)/t14-/m1/s1. The lowest BCUT2D eigenvalue weighted by Crippen LogP contribution is -2.36. The lowest BCUT2D eigenvalue weighted by Gasteiger charge is -2.28. The average Bonchev–Trinajstić information content (AvgIpc) is 3.22. The Balaban J connectivity index is 1.69. The SMILES string of the molecule is O=C(NC[C@H](c1ccccc1)N1CCCC1)c1cn[nH]n1. The molecule has 1 saturated heterocycles. The third-order valence-electron chi connectivity index (χ3n) is 3.87. The van der Waals surface area contributed by atoms with Crippen molar-refractivity contribution in [1.82, 2.24) is 25.6 Å². The van der Waals surface area contributed by atoms with E-state index in [4.69, 9.17) is 0 Å². The number of nitrogens with one attached hydrogen (secondary N) is 2. The molecule has 1 atom stereocenters. The largest absolute Gasteiger partial charge is 0.349 e. The summed E-state index contributed by atoms with van der Waals surface area (Å²) in [5.74, 6) is -0.191. The number of aromatic nitrogens is 3. The Hall–Kier alpha value is -2.21. The van der Waals surface area contributed by atoms with Crippen LogP contribution in [0.5, 0.6) is 0 Å². The first-order valence-electron chi connectivity index (χ1n) is 7.27. The quantitative estimate of drug-likeness (QED) is 0.870. The van der Waals surface area contributed by atoms with Crippen LogP contribution in [0.2, 0.25) is 0 Å². The van der Waals surface area contributed by atoms with E-state index in [1.54, 1.807) is 0 Å². The predicted octanol–water partition coefficient (Wildman–Crippen LogP) is 1.37. The van der Waals surface area contributed by atoms with Crippen LogP contribution in [0.15, 0.2) is 36.5 Å². The summed E-state index contributed by atoms with van der Waals surface area (Å²) in [4.78, 5) is 14.4. The van der Waals surface area contributed by atoms with Gasteiger partial charge in [-0.05, 0) is 31.5 Å². The second kappa shape index (κ2) is 6.49. The topological polar surface area (TPSA) is 73.9 Å². The van der Waals surface area contributed by atoms with Gasteiger partial charge in [-0.3, -0.25) is 9.69 Å². The van der Waals surface area contributed by atoms with Crippen molar-refractivity contribution in [2.24, 2.45) is 0 Å². The van der Waals surface area contributed by atoms with E-state index < -0.39 is 0 Å². The second-order valence-corrected chi connectivity index (χ2v) is 5.23. The van der Waals surface area contributed by atoms with Crippen LogP contribution >= 0.6 is 0 Å². The van der Waals surface area contributed by atoms with E-state index in [2.05, 4.69) is 37.8 Å². The minimum atomic E-state index is -0.191. The van der Waals surface area contributed by atoms with Crippen molar-refractivity contribution in [1.29, 1.82) is 0 Å². The summed E-state index contributed by atoms with van der Waals surface area (Å²) < 4.78 is 0. The molecule has 2 heterocycles. The van der Waals surface area contributed by atoms with Crippen LogP contribution in [-0.4, -0.2) is 45.9 Å². The molecule has 0 spiro atoms. The molecule has 1 fully saturated rings. The molecular formula is C15H19N5O. The van der Waals surface area contributed by atoms with Crippen LogP contribution in [0.25, 0.3) is 0 Å². The number of likely N-dealkylation sites (tertiary alicyclic amines) is 1. The summed E-state index contributed by atoms with van der Waals surface area (Å²) in [6.07, 6.45) is 3.88. The van der Waals surface area contributed by atoms with Crippen LogP contribution in [0, 0.1) is 0 Å². The van der Waals surface area contributed by atoms with Crippen LogP contribution in [0.4, 0.5) is 0 Å². The molecule has 6 heteroatoms. The molecule has 0 aliphatic carbocycles. The third kappa shape index (κ3) is 3.28. The number of carbonyl (C=O) groups excluding carboxylic acids is 1. The number of aromatic amines is 1. The Labute approximate surface area is 123 Å². The van der Waals surface area contributed by atoms with E-state index in [9.17, 15) is 4.79 Å². The molecule has 0 radical (unpaired) electrons. The van der Waals surface area contributed by atoms with Gasteiger partial charge in [-0.15, -0.1) is 0 Å². The highest BCUT2D eigenvalue weighted by Gasteiger charge is 2.24. The molecule has 1 amide bonds. The maximum atomic E-state index is 12.0. The van der Waals surface area contributed by atoms with E-state index in [0.29, 0.717) is 12.2 Å². The molecule has 0 saturated carbocycles. The van der Waals surface area contributed by atoms with Crippen LogP contribution < -0.4 is 5.32 Å². The van der Waals surface area contributed by atoms with Crippen LogP contribution in [-0.2, 0) is 0 Å². The highest BCUT2D eigenvalue weighted by Crippen LogP contribution is 2.24. The molecule has 2 aromatic rings. The number of nitrogens with zero attached hydrogens (tertiary/aromatic N) is 3. The molecule has 0 bridgehead atoms. The number of hydrogen-bond donors (Lipinski definition) is 2. The lowest BCUT2D eigenvalue weighted by atomic mass is 10.1. The minimum absolute atomic E-state index is 0.191. The van der Waals surface area contributed by atoms with Gasteiger partial charge < -0.3 is 5.32 Å². The first-order valence-corrected chi connectivity index (χ1v) is 7.27. The second-order valence-electron chi connectivity index (χ2n) is 5.23. The number of rotatable bonds is 5. The lowest BCUT2D eigenvalue weighted by molar-refractivity contribution is 0.0933. The minimum Gasteiger partial charge on any atom is -0.349 e. The maximum Gasteiger partial charge on any atom is 0.273 e. The summed E-state index contributed by atoms with van der Waals surface area (Å²) in [7, 11) is 0. The normalized spacial score (nSPS) is 16.8. The first kappa shape index (κ1) is 13.8. The summed E-state index contributed by atoms with van der Waals surface area (Å²) in [5.41, 5.74) is 1.56. The van der Waals surface area contributed by atoms with E-state index in [-0.39, 0.29) is 11.9 Å². The molecule has 21 heavy (non-hydrogen) atoms. The van der Waals surface area contributed by atoms with Gasteiger partial charge in [-0.1, -0.05) is 30.3 Å². The van der Waals surface area contributed by atoms with Gasteiger partial charge in [0, 0.05) is 6.54 Å². The summed E-state index contributed by atoms with van der Waals surface area (Å²) >= 11 is 0. The molecule has 0 unspecified atom stereocenters. The zero-order chi connectivity index (χ0) is 14.5. The Morgan fingerprint density at radius 2 is 2.05 bits per heavy atom. The molecule has 1 aromatic heterocycles. The van der Waals surface area contributed by atoms with Gasteiger partial charge in [-0.25, -0.2) is 0 Å². The number of benzene rings is 1. The summed E-state index contributed by atoms with van der Waals surface area (Å²) in [6.45, 7) is 2.74. The van der Waals surface area contributed by atoms with Crippen molar-refractivity contribution in [2.75, 3.05) is 19.6 Å². The Morgan fingerprint density at radius 1 is 1.29 bits per heavy atom. The molecule has 1 aliphatic heterocycles. The molecule has 110 valence electrons. The molecule has 3 rings (SSSR count). The van der Waals surface area contributed by atoms with Crippen molar-refractivity contribution >= 4 is 5.91 Å². The zero-order valence-electron chi connectivity index (χ0n) is 11.8. The van der Waals surface area contributed by atoms with Gasteiger partial charge in [0.2, 0.25) is 0 Å². The number of carbonyl (C=O) groups is 1. The Morgan fingerprint density at radius 3 is 2.71 bits per heavy atom. The smallest absolute Gasteiger partial charge is 0.273 e. The van der Waals surface area contributed by atoms with Crippen molar-refractivity contribution in [3.63, 3.8) is 0 Å². The molecule has 1 aromatic carbocycles. The van der Waals surface area contributed by atoms with Gasteiger partial charge in [0.1, 0.15) is 0 Å². The van der Waals surface area contributed by atoms with E-state index in [1.165, 1.54) is 24.6 Å². The zero-order valence-corrected chi connectivity index (χ0v) is 11.8. The Bertz CT molecular complexity index is 563. The number of hydrogen-bond acceptors (Lipinski definition) is 4. The number of H-pyrrole nitrogens is 1. The van der Waals surface area contributed by atoms with Gasteiger partial charge in [0.25, 0.3) is 5.91 Å². The van der Waals surface area contributed by atoms with E-state index in [1.807, 2.05) is 18.2 Å². The van der Waals surface area contributed by atoms with Gasteiger partial charge in [-0.2, -0.15) is 15.4 Å². The van der Waals surface area contributed by atoms with Gasteiger partial charge >= 0.3 is 0 Å². The van der Waals surface area contributed by atoms with E-state index in [0.717, 1.165) is 13.1 Å². The van der Waals surface area contributed by atoms with E-state index >= 15 is 0 Å². The van der Waals surface area contributed by atoms with Crippen molar-refractivity contribution in [2.45, 2.75) is 18.9 Å². The molecule has 2 N–H and O–H groups in total. The molecule has 6 nitrogen and oxygen atoms in total. The summed E-state index contributed by atoms with van der Waals surface area (Å²) in [6, 6.07) is 10.5. The van der Waals surface area contributed by atoms with Crippen LogP contribution in [0.3, 0.4) is 0 Å². The van der Waals surface area contributed by atoms with Crippen molar-refractivity contribution < 1.29 is 4.79 Å². The monoisotopic (exact) mass is 285 g/mol. The third-order valence-corrected chi connectivity index (χ3v) is 3.87. The highest BCUT2D eigenvalue weighted by molar-refractivity contribution is 5.91. The fourth-order valence-corrected chi connectivity index (χ4v) is 2.78. The highest BCUT2D eigenvalue weighted by atomic mass is 16.2. The maximum absolute atomic E-state index is 12.0.